The Labute approximate surface area is 549 Å². The molecule has 0 aromatic heterocycles. The molecule has 0 unspecified atom stereocenters. The summed E-state index contributed by atoms with van der Waals surface area (Å²) in [5.74, 6) is 1.77. The van der Waals surface area contributed by atoms with E-state index in [-0.39, 0.29) is 12.1 Å². The average molecular weight is 1220 g/mol. The molecule has 0 saturated carbocycles. The van der Waals surface area contributed by atoms with Gasteiger partial charge >= 0.3 is 0 Å². The average Bonchev–Trinajstić information content (AvgIpc) is 0.699. The molecule has 2 aliphatic rings. The van der Waals surface area contributed by atoms with Crippen LogP contribution in [-0.4, -0.2) is 22.9 Å². The second kappa shape index (κ2) is 23.8. The van der Waals surface area contributed by atoms with Gasteiger partial charge in [0, 0.05) is 22.5 Å². The topological polar surface area (TPSA) is 12.5 Å². The number of anilines is 3. The van der Waals surface area contributed by atoms with Gasteiger partial charge in [0.15, 0.2) is 16.1 Å². The highest BCUT2D eigenvalue weighted by Gasteiger charge is 2.49. The fraction of sp³-hybridized carbons (Fsp3) is 0.0455. The molecule has 0 spiro atoms. The fourth-order valence-electron chi connectivity index (χ4n) is 15.3. The van der Waals surface area contributed by atoms with E-state index in [0.29, 0.717) is 0 Å². The molecule has 0 saturated heterocycles. The molecule has 14 aromatic rings. The van der Waals surface area contributed by atoms with Crippen LogP contribution in [0.25, 0.3) is 44.5 Å². The summed E-state index contributed by atoms with van der Waals surface area (Å²) < 4.78 is 7.83. The lowest BCUT2D eigenvalue weighted by Gasteiger charge is -2.44. The molecular formula is C88H68BNOSi2. The van der Waals surface area contributed by atoms with Crippen LogP contribution in [0.15, 0.2) is 358 Å². The molecule has 0 atom stereocenters. The van der Waals surface area contributed by atoms with Gasteiger partial charge in [0.1, 0.15) is 11.5 Å². The van der Waals surface area contributed by atoms with Crippen LogP contribution in [0, 0.1) is 0 Å². The van der Waals surface area contributed by atoms with Gasteiger partial charge in [-0.15, -0.1) is 0 Å². The summed E-state index contributed by atoms with van der Waals surface area (Å²) in [6, 6.07) is 135. The van der Waals surface area contributed by atoms with Gasteiger partial charge in [0.25, 0.3) is 6.71 Å². The maximum atomic E-state index is 7.83. The number of rotatable bonds is 13. The largest absolute Gasteiger partial charge is 0.458 e. The second-order valence-electron chi connectivity index (χ2n) is 25.8. The van der Waals surface area contributed by atoms with Crippen LogP contribution >= 0.6 is 0 Å². The van der Waals surface area contributed by atoms with Crippen molar-refractivity contribution in [1.29, 1.82) is 0 Å². The smallest absolute Gasteiger partial charge is 0.256 e. The van der Waals surface area contributed by atoms with E-state index < -0.39 is 16.1 Å². The molecule has 2 aliphatic heterocycles. The summed E-state index contributed by atoms with van der Waals surface area (Å²) in [5, 5.41) is 10.3. The first-order valence-corrected chi connectivity index (χ1v) is 36.5. The van der Waals surface area contributed by atoms with E-state index in [1.165, 1.54) is 74.8 Å². The summed E-state index contributed by atoms with van der Waals surface area (Å²) in [6.07, 6.45) is 0. The summed E-state index contributed by atoms with van der Waals surface area (Å²) in [7, 11) is -6.67. The van der Waals surface area contributed by atoms with Crippen LogP contribution < -0.4 is 67.5 Å². The van der Waals surface area contributed by atoms with Crippen LogP contribution in [0.3, 0.4) is 0 Å². The maximum absolute atomic E-state index is 7.83. The Kier molecular flexibility index (Phi) is 14.7. The number of hydrogen-bond donors (Lipinski definition) is 0. The summed E-state index contributed by atoms with van der Waals surface area (Å²) in [4.78, 5) is 2.70. The van der Waals surface area contributed by atoms with Crippen LogP contribution in [0.4, 0.5) is 17.1 Å². The second-order valence-corrected chi connectivity index (χ2v) is 33.5. The van der Waals surface area contributed by atoms with Crippen LogP contribution in [0.2, 0.25) is 0 Å². The molecule has 2 heterocycles. The molecule has 0 aliphatic carbocycles. The minimum Gasteiger partial charge on any atom is -0.458 e. The number of ether oxygens (including phenoxy) is 1. The Bertz CT molecular complexity index is 4890. The van der Waals surface area contributed by atoms with Crippen molar-refractivity contribution < 1.29 is 4.74 Å². The standard InChI is InChI=1S/C88H68BNOSi2/c1-88(2,3)69-53-55-81-84(59-69)91-85-62-77(93(72-45-24-10-25-46-72,73-47-26-11-27-48-73)75-50-29-40-68(58-75)64-33-14-5-15-34-64)61-83-86(85)89(81)80-56-54-76(60-82(80)90(83)87-78(65-35-16-6-17-36-65)51-30-52-79(87)66-37-18-7-19-38-66)92(70-41-20-8-21-42-70,71-43-22-9-23-44-71)74-49-28-39-67(57-74)63-31-12-4-13-32-63/h4-62H,1-3H3. The summed E-state index contributed by atoms with van der Waals surface area (Å²) in [5.41, 5.74) is 17.3. The van der Waals surface area contributed by atoms with E-state index in [9.17, 15) is 0 Å². The normalized spacial score (nSPS) is 12.5. The summed E-state index contributed by atoms with van der Waals surface area (Å²) in [6.45, 7) is 6.71. The Morgan fingerprint density at radius 2 is 0.645 bits per heavy atom. The molecular weight excluding hydrogens is 1150 g/mol. The van der Waals surface area contributed by atoms with E-state index in [1.807, 2.05) is 0 Å². The third kappa shape index (κ3) is 9.86. The highest BCUT2D eigenvalue weighted by molar-refractivity contribution is 7.21. The summed E-state index contributed by atoms with van der Waals surface area (Å²) >= 11 is 0. The highest BCUT2D eigenvalue weighted by atomic mass is 28.3. The van der Waals surface area contributed by atoms with Gasteiger partial charge < -0.3 is 9.64 Å². The van der Waals surface area contributed by atoms with E-state index in [1.54, 1.807) is 0 Å². The lowest BCUT2D eigenvalue weighted by atomic mass is 9.34. The molecule has 5 heteroatoms. The van der Waals surface area contributed by atoms with Gasteiger partial charge in [-0.05, 0) is 127 Å². The third-order valence-electron chi connectivity index (χ3n) is 19.6. The molecule has 14 aromatic carbocycles. The van der Waals surface area contributed by atoms with Crippen molar-refractivity contribution in [2.75, 3.05) is 4.90 Å². The van der Waals surface area contributed by atoms with Crippen molar-refractivity contribution >= 4 is 97.8 Å². The van der Waals surface area contributed by atoms with Gasteiger partial charge in [-0.3, -0.25) is 0 Å². The molecule has 442 valence electrons. The van der Waals surface area contributed by atoms with Crippen molar-refractivity contribution in [3.05, 3.63) is 363 Å². The van der Waals surface area contributed by atoms with Crippen molar-refractivity contribution in [3.63, 3.8) is 0 Å². The van der Waals surface area contributed by atoms with Crippen molar-refractivity contribution in [2.45, 2.75) is 26.2 Å². The van der Waals surface area contributed by atoms with E-state index >= 15 is 0 Å². The van der Waals surface area contributed by atoms with Crippen molar-refractivity contribution in [1.82, 2.24) is 0 Å². The van der Waals surface area contributed by atoms with Crippen molar-refractivity contribution in [2.24, 2.45) is 0 Å². The lowest BCUT2D eigenvalue weighted by molar-refractivity contribution is 0.483. The van der Waals surface area contributed by atoms with Gasteiger partial charge in [0.2, 0.25) is 0 Å². The highest BCUT2D eigenvalue weighted by Crippen LogP contribution is 2.49. The minimum absolute atomic E-state index is 0.135. The zero-order valence-corrected chi connectivity index (χ0v) is 54.5. The zero-order chi connectivity index (χ0) is 62.5. The SMILES string of the molecule is CC(C)(C)c1ccc2c(c1)Oc1cc([Si](c3ccccc3)(c3ccccc3)c3cccc(-c4ccccc4)c3)cc3c1B2c1ccc([Si](c2ccccc2)(c2ccccc2)c2cccc(-c4ccccc4)c2)cc1N3c1c(-c2ccccc2)cccc1-c1ccccc1. The van der Waals surface area contributed by atoms with E-state index in [4.69, 9.17) is 4.74 Å². The molecule has 0 amide bonds. The predicted molar refractivity (Wildman–Crippen MR) is 400 cm³/mol. The molecule has 0 N–H and O–H groups in total. The van der Waals surface area contributed by atoms with Gasteiger partial charge in [-0.25, -0.2) is 0 Å². The Morgan fingerprint density at radius 1 is 0.280 bits per heavy atom. The van der Waals surface area contributed by atoms with Gasteiger partial charge in [0.05, 0.1) is 5.69 Å². The van der Waals surface area contributed by atoms with Gasteiger partial charge in [-0.2, -0.15) is 0 Å². The van der Waals surface area contributed by atoms with Crippen LogP contribution in [-0.2, 0) is 5.41 Å². The monoisotopic (exact) mass is 1220 g/mol. The minimum atomic E-state index is -3.39. The van der Waals surface area contributed by atoms with Gasteiger partial charge in [-0.1, -0.05) is 354 Å². The number of benzene rings is 14. The zero-order valence-electron chi connectivity index (χ0n) is 52.5. The molecule has 2 nitrogen and oxygen atoms in total. The molecule has 16 rings (SSSR count). The van der Waals surface area contributed by atoms with E-state index in [0.717, 1.165) is 61.7 Å². The molecule has 93 heavy (non-hydrogen) atoms. The Balaban J connectivity index is 1.08. The molecule has 0 bridgehead atoms. The number of para-hydroxylation sites is 1. The van der Waals surface area contributed by atoms with E-state index in [2.05, 4.69) is 384 Å². The van der Waals surface area contributed by atoms with Crippen LogP contribution in [0.5, 0.6) is 11.5 Å². The number of fused-ring (bicyclic) bond motifs is 4. The molecule has 0 radical (unpaired) electrons. The third-order valence-corrected chi connectivity index (χ3v) is 29.1. The number of nitrogens with zero attached hydrogens (tertiary/aromatic N) is 1. The quantitative estimate of drug-likeness (QED) is 0.0843. The Morgan fingerprint density at radius 3 is 1.10 bits per heavy atom. The first-order valence-electron chi connectivity index (χ1n) is 32.5. The van der Waals surface area contributed by atoms with Crippen LogP contribution in [0.1, 0.15) is 26.3 Å². The number of hydrogen-bond acceptors (Lipinski definition) is 2. The first kappa shape index (κ1) is 57.3. The maximum Gasteiger partial charge on any atom is 0.256 e. The first-order chi connectivity index (χ1) is 45.8. The lowest BCUT2D eigenvalue weighted by Crippen LogP contribution is -2.75. The fourth-order valence-corrected chi connectivity index (χ4v) is 24.9. The predicted octanol–water partition coefficient (Wildman–Crippen LogP) is 14.8. The Hall–Kier alpha value is -10.8. The van der Waals surface area contributed by atoms with Crippen molar-refractivity contribution in [3.8, 4) is 56.0 Å². The molecule has 0 fully saturated rings.